The number of hydrogen-bond acceptors (Lipinski definition) is 3. The van der Waals surface area contributed by atoms with Gasteiger partial charge in [0.1, 0.15) is 5.82 Å². The maximum atomic E-state index is 13.5. The maximum Gasteiger partial charge on any atom is 0.416 e. The van der Waals surface area contributed by atoms with Crippen LogP contribution >= 0.6 is 0 Å². The van der Waals surface area contributed by atoms with E-state index in [9.17, 15) is 22.4 Å². The van der Waals surface area contributed by atoms with E-state index in [1.165, 1.54) is 35.2 Å². The van der Waals surface area contributed by atoms with Crippen molar-refractivity contribution in [1.82, 2.24) is 0 Å². The molecule has 126 valence electrons. The molecule has 1 atom stereocenters. The van der Waals surface area contributed by atoms with Crippen molar-refractivity contribution in [2.45, 2.75) is 18.6 Å². The number of halogens is 4. The number of rotatable bonds is 1. The number of carbonyl (C=O) groups is 1. The monoisotopic (exact) mass is 338 g/mol. The maximum absolute atomic E-state index is 13.5. The SMILES string of the molecule is N[C@H]1CN(c2cccc(C(F)(F)F)c2)c2ccc(F)cc2CC1=O. The van der Waals surface area contributed by atoms with Crippen LogP contribution in [0.5, 0.6) is 0 Å². The van der Waals surface area contributed by atoms with E-state index in [-0.39, 0.29) is 24.4 Å². The molecular formula is C17H14F4N2O. The lowest BCUT2D eigenvalue weighted by molar-refractivity contribution is -0.137. The molecule has 3 nitrogen and oxygen atoms in total. The molecule has 1 aliphatic heterocycles. The minimum atomic E-state index is -4.48. The number of hydrogen-bond donors (Lipinski definition) is 1. The first-order chi connectivity index (χ1) is 11.3. The zero-order chi connectivity index (χ0) is 17.5. The van der Waals surface area contributed by atoms with Crippen molar-refractivity contribution < 1.29 is 22.4 Å². The molecule has 7 heteroatoms. The molecule has 0 aliphatic carbocycles. The third-order valence-corrected chi connectivity index (χ3v) is 3.98. The van der Waals surface area contributed by atoms with E-state index in [1.807, 2.05) is 0 Å². The van der Waals surface area contributed by atoms with Crippen LogP contribution in [0, 0.1) is 5.82 Å². The van der Waals surface area contributed by atoms with Crippen LogP contribution < -0.4 is 10.6 Å². The van der Waals surface area contributed by atoms with E-state index in [0.29, 0.717) is 11.3 Å². The lowest BCUT2D eigenvalue weighted by atomic mass is 10.1. The van der Waals surface area contributed by atoms with Gasteiger partial charge in [0.2, 0.25) is 0 Å². The van der Waals surface area contributed by atoms with Crippen molar-refractivity contribution in [2.75, 3.05) is 11.4 Å². The van der Waals surface area contributed by atoms with Crippen molar-refractivity contribution in [3.05, 3.63) is 59.4 Å². The van der Waals surface area contributed by atoms with Gasteiger partial charge in [-0.15, -0.1) is 0 Å². The fraction of sp³-hybridized carbons (Fsp3) is 0.235. The van der Waals surface area contributed by atoms with Crippen molar-refractivity contribution in [3.8, 4) is 0 Å². The molecule has 1 aliphatic rings. The van der Waals surface area contributed by atoms with Crippen LogP contribution in [0.15, 0.2) is 42.5 Å². The van der Waals surface area contributed by atoms with Crippen LogP contribution in [0.2, 0.25) is 0 Å². The molecule has 0 saturated heterocycles. The van der Waals surface area contributed by atoms with Gasteiger partial charge in [0.15, 0.2) is 5.78 Å². The van der Waals surface area contributed by atoms with Crippen molar-refractivity contribution in [1.29, 1.82) is 0 Å². The number of alkyl halides is 3. The molecule has 0 saturated carbocycles. The highest BCUT2D eigenvalue weighted by atomic mass is 19.4. The molecule has 0 fully saturated rings. The van der Waals surface area contributed by atoms with Gasteiger partial charge in [-0.25, -0.2) is 4.39 Å². The summed E-state index contributed by atoms with van der Waals surface area (Å²) in [5.41, 5.74) is 6.19. The summed E-state index contributed by atoms with van der Waals surface area (Å²) in [6.07, 6.45) is -4.53. The predicted molar refractivity (Wildman–Crippen MR) is 81.5 cm³/mol. The van der Waals surface area contributed by atoms with Gasteiger partial charge >= 0.3 is 6.18 Å². The van der Waals surface area contributed by atoms with Gasteiger partial charge < -0.3 is 10.6 Å². The highest BCUT2D eigenvalue weighted by molar-refractivity contribution is 5.90. The van der Waals surface area contributed by atoms with Crippen LogP contribution in [0.25, 0.3) is 0 Å². The topological polar surface area (TPSA) is 46.3 Å². The molecule has 0 aromatic heterocycles. The predicted octanol–water partition coefficient (Wildman–Crippen LogP) is 3.44. The molecular weight excluding hydrogens is 324 g/mol. The van der Waals surface area contributed by atoms with E-state index in [4.69, 9.17) is 5.73 Å². The minimum absolute atomic E-state index is 0.0266. The van der Waals surface area contributed by atoms with E-state index < -0.39 is 23.6 Å². The molecule has 1 heterocycles. The van der Waals surface area contributed by atoms with Gasteiger partial charge in [0, 0.05) is 24.3 Å². The molecule has 2 aromatic carbocycles. The first-order valence-electron chi connectivity index (χ1n) is 7.27. The Morgan fingerprint density at radius 1 is 1.12 bits per heavy atom. The zero-order valence-corrected chi connectivity index (χ0v) is 12.5. The van der Waals surface area contributed by atoms with Gasteiger partial charge in [0.25, 0.3) is 0 Å². The minimum Gasteiger partial charge on any atom is -0.339 e. The molecule has 3 rings (SSSR count). The third kappa shape index (κ3) is 3.12. The zero-order valence-electron chi connectivity index (χ0n) is 12.5. The third-order valence-electron chi connectivity index (χ3n) is 3.98. The van der Waals surface area contributed by atoms with Gasteiger partial charge in [-0.2, -0.15) is 13.2 Å². The van der Waals surface area contributed by atoms with Crippen LogP contribution in [0.1, 0.15) is 11.1 Å². The largest absolute Gasteiger partial charge is 0.416 e. The first-order valence-corrected chi connectivity index (χ1v) is 7.27. The van der Waals surface area contributed by atoms with Crippen LogP contribution in [-0.2, 0) is 17.4 Å². The second-order valence-corrected chi connectivity index (χ2v) is 5.68. The molecule has 0 radical (unpaired) electrons. The fourth-order valence-corrected chi connectivity index (χ4v) is 2.77. The Balaban J connectivity index is 2.12. The average molecular weight is 338 g/mol. The Morgan fingerprint density at radius 2 is 1.88 bits per heavy atom. The number of ketones is 1. The number of carbonyl (C=O) groups excluding carboxylic acids is 1. The number of benzene rings is 2. The Morgan fingerprint density at radius 3 is 2.58 bits per heavy atom. The first kappa shape index (κ1) is 16.4. The summed E-state index contributed by atoms with van der Waals surface area (Å²) >= 11 is 0. The summed E-state index contributed by atoms with van der Waals surface area (Å²) in [4.78, 5) is 13.6. The summed E-state index contributed by atoms with van der Waals surface area (Å²) < 4.78 is 52.4. The normalized spacial score (nSPS) is 18.3. The van der Waals surface area contributed by atoms with E-state index in [1.54, 1.807) is 0 Å². The number of anilines is 2. The standard InChI is InChI=1S/C17H14F4N2O/c18-12-4-5-15-10(6-12)7-16(24)14(22)9-23(15)13-3-1-2-11(8-13)17(19,20)21/h1-6,8,14H,7,9,22H2/t14-/m0/s1. The second-order valence-electron chi connectivity index (χ2n) is 5.68. The summed E-state index contributed by atoms with van der Waals surface area (Å²) in [6.45, 7) is 0.0266. The number of nitrogens with two attached hydrogens (primary N) is 1. The Kier molecular flexibility index (Phi) is 4.04. The van der Waals surface area contributed by atoms with Gasteiger partial charge in [-0.3, -0.25) is 4.79 Å². The summed E-state index contributed by atoms with van der Waals surface area (Å²) in [7, 11) is 0. The average Bonchev–Trinajstić information content (AvgIpc) is 2.63. The number of nitrogens with zero attached hydrogens (tertiary/aromatic N) is 1. The molecule has 0 amide bonds. The van der Waals surface area contributed by atoms with Gasteiger partial charge in [-0.05, 0) is 42.0 Å². The molecule has 0 bridgehead atoms. The van der Waals surface area contributed by atoms with E-state index in [0.717, 1.165) is 12.1 Å². The lowest BCUT2D eigenvalue weighted by Gasteiger charge is -2.27. The van der Waals surface area contributed by atoms with Gasteiger partial charge in [-0.1, -0.05) is 6.07 Å². The van der Waals surface area contributed by atoms with Crippen LogP contribution in [0.4, 0.5) is 28.9 Å². The number of Topliss-reactive ketones (excluding diaryl/α,β-unsaturated/α-hetero) is 1. The Labute approximate surface area is 135 Å². The fourth-order valence-electron chi connectivity index (χ4n) is 2.77. The summed E-state index contributed by atoms with van der Waals surface area (Å²) in [5.74, 6) is -0.794. The van der Waals surface area contributed by atoms with Crippen molar-refractivity contribution in [3.63, 3.8) is 0 Å². The van der Waals surface area contributed by atoms with E-state index in [2.05, 4.69) is 0 Å². The second kappa shape index (κ2) is 5.90. The molecule has 0 spiro atoms. The molecule has 0 unspecified atom stereocenters. The van der Waals surface area contributed by atoms with Gasteiger partial charge in [0.05, 0.1) is 11.6 Å². The number of fused-ring (bicyclic) bond motifs is 1. The highest BCUT2D eigenvalue weighted by Crippen LogP contribution is 2.36. The highest BCUT2D eigenvalue weighted by Gasteiger charge is 2.32. The molecule has 2 N–H and O–H groups in total. The molecule has 24 heavy (non-hydrogen) atoms. The Bertz CT molecular complexity index is 788. The Hall–Kier alpha value is -2.41. The van der Waals surface area contributed by atoms with Crippen molar-refractivity contribution in [2.24, 2.45) is 5.73 Å². The summed E-state index contributed by atoms with van der Waals surface area (Å²) in [5, 5.41) is 0. The smallest absolute Gasteiger partial charge is 0.339 e. The lowest BCUT2D eigenvalue weighted by Crippen LogP contribution is -2.39. The quantitative estimate of drug-likeness (QED) is 0.811. The van der Waals surface area contributed by atoms with E-state index >= 15 is 0 Å². The summed E-state index contributed by atoms with van der Waals surface area (Å²) in [6, 6.07) is 7.77. The van der Waals surface area contributed by atoms with Crippen molar-refractivity contribution >= 4 is 17.2 Å². The van der Waals surface area contributed by atoms with Crippen LogP contribution in [0.3, 0.4) is 0 Å². The van der Waals surface area contributed by atoms with Crippen LogP contribution in [-0.4, -0.2) is 18.4 Å². The molecule has 2 aromatic rings.